The maximum absolute atomic E-state index is 11.2. The first-order valence-electron chi connectivity index (χ1n) is 6.51. The van der Waals surface area contributed by atoms with E-state index in [4.69, 9.17) is 9.94 Å². The van der Waals surface area contributed by atoms with Crippen molar-refractivity contribution in [3.8, 4) is 0 Å². The Balaban J connectivity index is 2.47. The zero-order valence-corrected chi connectivity index (χ0v) is 10.8. The van der Waals surface area contributed by atoms with Crippen LogP contribution in [0.1, 0.15) is 45.4 Å². The number of ether oxygens (including phenoxy) is 1. The Hall–Kier alpha value is -1.14. The molecular formula is C12H22N2O4. The van der Waals surface area contributed by atoms with Crippen molar-refractivity contribution < 1.29 is 19.9 Å². The van der Waals surface area contributed by atoms with Gasteiger partial charge >= 0.3 is 5.97 Å². The summed E-state index contributed by atoms with van der Waals surface area (Å²) in [7, 11) is 0. The van der Waals surface area contributed by atoms with Crippen LogP contribution in [0.25, 0.3) is 0 Å². The summed E-state index contributed by atoms with van der Waals surface area (Å²) in [6.45, 7) is 2.29. The first kappa shape index (κ1) is 14.9. The fourth-order valence-electron chi connectivity index (χ4n) is 2.19. The van der Waals surface area contributed by atoms with Gasteiger partial charge in [0.2, 0.25) is 0 Å². The standard InChI is InChI=1S/C12H22N2O4/c1-2-18-12(15)8-9-14(17)11-7-5-3-4-6-10(11)13-16/h11,16-17H,2-9H2,1H3/b13-10-. The molecule has 6 heteroatoms. The minimum atomic E-state index is -0.326. The van der Waals surface area contributed by atoms with Crippen molar-refractivity contribution in [1.82, 2.24) is 5.06 Å². The number of rotatable bonds is 5. The molecule has 1 unspecified atom stereocenters. The Labute approximate surface area is 107 Å². The lowest BCUT2D eigenvalue weighted by Crippen LogP contribution is -2.39. The summed E-state index contributed by atoms with van der Waals surface area (Å²) in [5.74, 6) is -0.326. The van der Waals surface area contributed by atoms with Gasteiger partial charge in [-0.25, -0.2) is 0 Å². The molecule has 1 saturated carbocycles. The van der Waals surface area contributed by atoms with E-state index in [1.807, 2.05) is 0 Å². The number of esters is 1. The van der Waals surface area contributed by atoms with Gasteiger partial charge in [0.25, 0.3) is 0 Å². The largest absolute Gasteiger partial charge is 0.466 e. The van der Waals surface area contributed by atoms with Gasteiger partial charge < -0.3 is 15.2 Å². The molecule has 1 aliphatic rings. The van der Waals surface area contributed by atoms with E-state index in [-0.39, 0.29) is 25.0 Å². The van der Waals surface area contributed by atoms with Crippen molar-refractivity contribution in [2.75, 3.05) is 13.2 Å². The van der Waals surface area contributed by atoms with Crippen molar-refractivity contribution in [2.45, 2.75) is 51.5 Å². The van der Waals surface area contributed by atoms with E-state index in [2.05, 4.69) is 5.16 Å². The zero-order valence-electron chi connectivity index (χ0n) is 10.8. The third-order valence-electron chi connectivity index (χ3n) is 3.13. The average molecular weight is 258 g/mol. The molecule has 0 radical (unpaired) electrons. The number of oxime groups is 1. The molecule has 0 bridgehead atoms. The Morgan fingerprint density at radius 1 is 1.50 bits per heavy atom. The Morgan fingerprint density at radius 2 is 2.28 bits per heavy atom. The molecule has 18 heavy (non-hydrogen) atoms. The fraction of sp³-hybridized carbons (Fsp3) is 0.833. The van der Waals surface area contributed by atoms with Gasteiger partial charge in [-0.05, 0) is 26.2 Å². The van der Waals surface area contributed by atoms with Gasteiger partial charge in [-0.1, -0.05) is 18.0 Å². The van der Waals surface area contributed by atoms with Crippen molar-refractivity contribution in [3.63, 3.8) is 0 Å². The number of hydrogen-bond acceptors (Lipinski definition) is 6. The van der Waals surface area contributed by atoms with Crippen LogP contribution in [0.2, 0.25) is 0 Å². The molecule has 104 valence electrons. The second-order valence-corrected chi connectivity index (χ2v) is 4.42. The summed E-state index contributed by atoms with van der Waals surface area (Å²) in [6, 6.07) is -0.285. The van der Waals surface area contributed by atoms with E-state index in [1.54, 1.807) is 6.92 Å². The molecule has 0 heterocycles. The van der Waals surface area contributed by atoms with Crippen LogP contribution in [-0.4, -0.2) is 46.4 Å². The quantitative estimate of drug-likeness (QED) is 0.340. The minimum Gasteiger partial charge on any atom is -0.466 e. The van der Waals surface area contributed by atoms with Crippen LogP contribution in [0, 0.1) is 0 Å². The molecule has 1 rings (SSSR count). The highest BCUT2D eigenvalue weighted by Gasteiger charge is 2.25. The Bertz CT molecular complexity index is 294. The molecule has 2 N–H and O–H groups in total. The van der Waals surface area contributed by atoms with Crippen LogP contribution in [0.3, 0.4) is 0 Å². The fourth-order valence-corrected chi connectivity index (χ4v) is 2.19. The summed E-state index contributed by atoms with van der Waals surface area (Å²) in [5, 5.41) is 23.3. The van der Waals surface area contributed by atoms with E-state index in [9.17, 15) is 10.0 Å². The molecular weight excluding hydrogens is 236 g/mol. The first-order valence-corrected chi connectivity index (χ1v) is 6.51. The van der Waals surface area contributed by atoms with Crippen molar-refractivity contribution >= 4 is 11.7 Å². The van der Waals surface area contributed by atoms with E-state index >= 15 is 0 Å². The maximum Gasteiger partial charge on any atom is 0.307 e. The SMILES string of the molecule is CCOC(=O)CCN(O)C1CCCCC/C1=N/O. The zero-order chi connectivity index (χ0) is 13.4. The molecule has 0 amide bonds. The molecule has 1 aliphatic carbocycles. The highest BCUT2D eigenvalue weighted by Crippen LogP contribution is 2.19. The first-order chi connectivity index (χ1) is 8.69. The maximum atomic E-state index is 11.2. The van der Waals surface area contributed by atoms with Gasteiger partial charge in [0.1, 0.15) is 0 Å². The Morgan fingerprint density at radius 3 is 2.94 bits per heavy atom. The van der Waals surface area contributed by atoms with Crippen LogP contribution in [0.5, 0.6) is 0 Å². The van der Waals surface area contributed by atoms with Gasteiger partial charge in [0, 0.05) is 6.54 Å². The van der Waals surface area contributed by atoms with E-state index in [0.29, 0.717) is 18.7 Å². The van der Waals surface area contributed by atoms with Crippen LogP contribution in [0.15, 0.2) is 5.16 Å². The summed E-state index contributed by atoms with van der Waals surface area (Å²) < 4.78 is 4.80. The lowest BCUT2D eigenvalue weighted by atomic mass is 10.1. The van der Waals surface area contributed by atoms with Crippen molar-refractivity contribution in [1.29, 1.82) is 0 Å². The molecule has 1 atom stereocenters. The predicted molar refractivity (Wildman–Crippen MR) is 65.8 cm³/mol. The number of hydroxylamine groups is 2. The van der Waals surface area contributed by atoms with E-state index < -0.39 is 0 Å². The van der Waals surface area contributed by atoms with Gasteiger partial charge in [-0.15, -0.1) is 0 Å². The average Bonchev–Trinajstić information content (AvgIpc) is 2.61. The van der Waals surface area contributed by atoms with Crippen molar-refractivity contribution in [3.05, 3.63) is 0 Å². The third kappa shape index (κ3) is 4.62. The third-order valence-corrected chi connectivity index (χ3v) is 3.13. The summed E-state index contributed by atoms with van der Waals surface area (Å²) >= 11 is 0. The van der Waals surface area contributed by atoms with Crippen LogP contribution >= 0.6 is 0 Å². The molecule has 0 spiro atoms. The smallest absolute Gasteiger partial charge is 0.307 e. The molecule has 0 aromatic heterocycles. The molecule has 6 nitrogen and oxygen atoms in total. The lowest BCUT2D eigenvalue weighted by molar-refractivity contribution is -0.150. The molecule has 1 fully saturated rings. The second-order valence-electron chi connectivity index (χ2n) is 4.42. The van der Waals surface area contributed by atoms with Crippen molar-refractivity contribution in [2.24, 2.45) is 5.16 Å². The highest BCUT2D eigenvalue weighted by atomic mass is 16.5. The molecule has 0 aromatic carbocycles. The highest BCUT2D eigenvalue weighted by molar-refractivity contribution is 5.89. The van der Waals surface area contributed by atoms with Crippen LogP contribution in [0.4, 0.5) is 0 Å². The van der Waals surface area contributed by atoms with Crippen LogP contribution in [-0.2, 0) is 9.53 Å². The topological polar surface area (TPSA) is 82.4 Å². The minimum absolute atomic E-state index is 0.138. The number of carbonyl (C=O) groups is 1. The van der Waals surface area contributed by atoms with Crippen LogP contribution < -0.4 is 0 Å². The molecule has 0 saturated heterocycles. The molecule has 0 aliphatic heterocycles. The number of carbonyl (C=O) groups excluding carboxylic acids is 1. The Kier molecular flexibility index (Phi) is 6.67. The second kappa shape index (κ2) is 8.05. The van der Waals surface area contributed by atoms with Gasteiger partial charge in [0.15, 0.2) is 0 Å². The monoisotopic (exact) mass is 258 g/mol. The van der Waals surface area contributed by atoms with Gasteiger partial charge in [-0.2, -0.15) is 5.06 Å². The van der Waals surface area contributed by atoms with Gasteiger partial charge in [-0.3, -0.25) is 4.79 Å². The van der Waals surface area contributed by atoms with E-state index in [1.165, 1.54) is 0 Å². The molecule has 0 aromatic rings. The van der Waals surface area contributed by atoms with E-state index in [0.717, 1.165) is 30.7 Å². The summed E-state index contributed by atoms with van der Waals surface area (Å²) in [5.41, 5.74) is 0.596. The number of nitrogens with zero attached hydrogens (tertiary/aromatic N) is 2. The normalized spacial score (nSPS) is 23.1. The predicted octanol–water partition coefficient (Wildman–Crippen LogP) is 1.79. The summed E-state index contributed by atoms with van der Waals surface area (Å²) in [6.07, 6.45) is 4.61. The number of hydrogen-bond donors (Lipinski definition) is 2. The van der Waals surface area contributed by atoms with Gasteiger partial charge in [0.05, 0.1) is 24.8 Å². The summed E-state index contributed by atoms with van der Waals surface area (Å²) in [4.78, 5) is 11.2. The lowest BCUT2D eigenvalue weighted by Gasteiger charge is -2.24.